The summed E-state index contributed by atoms with van der Waals surface area (Å²) in [5, 5.41) is 2.71. The molecular formula is C16H12. The highest BCUT2D eigenvalue weighted by atomic mass is 14.4. The molecule has 1 aromatic carbocycles. The Morgan fingerprint density at radius 2 is 1.88 bits per heavy atom. The number of allylic oxidation sites excluding steroid dienone is 6. The first-order chi connectivity index (χ1) is 7.86. The second kappa shape index (κ2) is 2.65. The Kier molecular flexibility index (Phi) is 1.38. The molecule has 0 aliphatic heterocycles. The van der Waals surface area contributed by atoms with E-state index in [9.17, 15) is 0 Å². The molecule has 76 valence electrons. The van der Waals surface area contributed by atoms with Crippen LogP contribution in [-0.4, -0.2) is 0 Å². The zero-order valence-electron chi connectivity index (χ0n) is 8.98. The van der Waals surface area contributed by atoms with Crippen LogP contribution in [0.2, 0.25) is 0 Å². The molecule has 4 aliphatic rings. The van der Waals surface area contributed by atoms with Crippen molar-refractivity contribution >= 4 is 12.2 Å². The van der Waals surface area contributed by atoms with Gasteiger partial charge in [-0.05, 0) is 34.1 Å². The maximum Gasteiger partial charge on any atom is 0.0359 e. The molecule has 0 fully saturated rings. The zero-order valence-corrected chi connectivity index (χ0v) is 8.98. The lowest BCUT2D eigenvalue weighted by Gasteiger charge is -2.36. The molecule has 0 saturated heterocycles. The van der Waals surface area contributed by atoms with Gasteiger partial charge < -0.3 is 0 Å². The highest BCUT2D eigenvalue weighted by Gasteiger charge is 2.33. The van der Waals surface area contributed by atoms with Crippen LogP contribution in [-0.2, 0) is 0 Å². The quantitative estimate of drug-likeness (QED) is 0.607. The summed E-state index contributed by atoms with van der Waals surface area (Å²) in [4.78, 5) is 0. The molecule has 0 heteroatoms. The minimum absolute atomic E-state index is 0.149. The molecule has 1 aromatic rings. The fourth-order valence-corrected chi connectivity index (χ4v) is 2.89. The molecule has 0 heterocycles. The Morgan fingerprint density at radius 1 is 1.00 bits per heavy atom. The molecular weight excluding hydrogens is 192 g/mol. The van der Waals surface area contributed by atoms with Gasteiger partial charge in [0.05, 0.1) is 0 Å². The van der Waals surface area contributed by atoms with Crippen LogP contribution in [0.1, 0.15) is 6.42 Å². The van der Waals surface area contributed by atoms with Crippen LogP contribution in [0.25, 0.3) is 12.2 Å². The van der Waals surface area contributed by atoms with E-state index in [1.54, 1.807) is 0 Å². The summed E-state index contributed by atoms with van der Waals surface area (Å²) >= 11 is 0. The Labute approximate surface area is 94.6 Å². The van der Waals surface area contributed by atoms with Gasteiger partial charge in [-0.25, -0.2) is 0 Å². The van der Waals surface area contributed by atoms with Gasteiger partial charge in [-0.3, -0.25) is 0 Å². The minimum Gasteiger partial charge on any atom is -0.0757 e. The molecule has 1 spiro atoms. The van der Waals surface area contributed by atoms with E-state index in [-0.39, 0.29) is 5.41 Å². The second-order valence-electron chi connectivity index (χ2n) is 4.80. The predicted molar refractivity (Wildman–Crippen MR) is 67.0 cm³/mol. The molecule has 2 bridgehead atoms. The van der Waals surface area contributed by atoms with Crippen molar-refractivity contribution in [2.24, 2.45) is 5.41 Å². The Balaban J connectivity index is 2.13. The lowest BCUT2D eigenvalue weighted by atomic mass is 9.67. The fourth-order valence-electron chi connectivity index (χ4n) is 2.89. The third-order valence-electron chi connectivity index (χ3n) is 3.83. The van der Waals surface area contributed by atoms with Gasteiger partial charge in [0.2, 0.25) is 0 Å². The zero-order chi connectivity index (χ0) is 10.6. The largest absolute Gasteiger partial charge is 0.0757 e. The summed E-state index contributed by atoms with van der Waals surface area (Å²) in [7, 11) is 0. The van der Waals surface area contributed by atoms with Crippen LogP contribution in [0.4, 0.5) is 0 Å². The third-order valence-corrected chi connectivity index (χ3v) is 3.83. The van der Waals surface area contributed by atoms with Gasteiger partial charge in [0.1, 0.15) is 0 Å². The van der Waals surface area contributed by atoms with E-state index < -0.39 is 0 Å². The van der Waals surface area contributed by atoms with Gasteiger partial charge >= 0.3 is 0 Å². The van der Waals surface area contributed by atoms with Crippen LogP contribution in [0.3, 0.4) is 0 Å². The third kappa shape index (κ3) is 0.943. The van der Waals surface area contributed by atoms with E-state index in [1.165, 1.54) is 21.6 Å². The van der Waals surface area contributed by atoms with Gasteiger partial charge in [0.25, 0.3) is 0 Å². The Bertz CT molecular complexity index is 683. The fraction of sp³-hybridized carbons (Fsp3) is 0.125. The predicted octanol–water partition coefficient (Wildman–Crippen LogP) is 2.07. The normalized spacial score (nSPS) is 28.2. The average Bonchev–Trinajstić information content (AvgIpc) is 2.35. The molecule has 5 rings (SSSR count). The van der Waals surface area contributed by atoms with Crippen LogP contribution in [0, 0.1) is 5.41 Å². The van der Waals surface area contributed by atoms with Crippen molar-refractivity contribution in [1.29, 1.82) is 0 Å². The van der Waals surface area contributed by atoms with Crippen molar-refractivity contribution in [2.45, 2.75) is 6.42 Å². The van der Waals surface area contributed by atoms with Crippen LogP contribution in [0.5, 0.6) is 0 Å². The van der Waals surface area contributed by atoms with E-state index in [1.807, 2.05) is 0 Å². The SMILES string of the molecule is C1=CC23C=c4ccccc4=CC2=CC1=CC3. The van der Waals surface area contributed by atoms with Crippen LogP contribution >= 0.6 is 0 Å². The van der Waals surface area contributed by atoms with Crippen molar-refractivity contribution in [1.82, 2.24) is 0 Å². The molecule has 4 aliphatic carbocycles. The van der Waals surface area contributed by atoms with E-state index in [0.717, 1.165) is 6.42 Å². The minimum atomic E-state index is 0.149. The van der Waals surface area contributed by atoms with Gasteiger partial charge in [0.15, 0.2) is 0 Å². The van der Waals surface area contributed by atoms with E-state index in [0.29, 0.717) is 0 Å². The summed E-state index contributed by atoms with van der Waals surface area (Å²) in [5.41, 5.74) is 2.96. The lowest BCUT2D eigenvalue weighted by Crippen LogP contribution is -2.36. The topological polar surface area (TPSA) is 0 Å². The highest BCUT2D eigenvalue weighted by Crippen LogP contribution is 2.45. The molecule has 0 N–H and O–H groups in total. The number of fused-ring (bicyclic) bond motifs is 2. The van der Waals surface area contributed by atoms with Gasteiger partial charge in [-0.2, -0.15) is 0 Å². The molecule has 16 heavy (non-hydrogen) atoms. The standard InChI is InChI=1S/C16H12/c1-2-4-14-11-16-7-5-12(6-8-16)9-15(16)10-13(14)3-1/h1-7,9-11H,8H2. The molecule has 1 unspecified atom stereocenters. The monoisotopic (exact) mass is 204 g/mol. The number of hydrogen-bond donors (Lipinski definition) is 0. The summed E-state index contributed by atoms with van der Waals surface area (Å²) in [6, 6.07) is 8.63. The number of benzene rings is 1. The molecule has 1 atom stereocenters. The first kappa shape index (κ1) is 8.35. The summed E-state index contributed by atoms with van der Waals surface area (Å²) in [5.74, 6) is 0. The molecule has 0 saturated carbocycles. The number of hydrogen-bond acceptors (Lipinski definition) is 0. The van der Waals surface area contributed by atoms with Crippen molar-refractivity contribution in [2.75, 3.05) is 0 Å². The first-order valence-corrected chi connectivity index (χ1v) is 5.77. The van der Waals surface area contributed by atoms with E-state index in [2.05, 4.69) is 60.7 Å². The Hall–Kier alpha value is -1.82. The van der Waals surface area contributed by atoms with Gasteiger partial charge in [-0.1, -0.05) is 54.6 Å². The van der Waals surface area contributed by atoms with Crippen molar-refractivity contribution < 1.29 is 0 Å². The second-order valence-corrected chi connectivity index (χ2v) is 4.80. The van der Waals surface area contributed by atoms with Gasteiger partial charge in [0, 0.05) is 5.41 Å². The van der Waals surface area contributed by atoms with Crippen LogP contribution in [0.15, 0.2) is 59.7 Å². The smallest absolute Gasteiger partial charge is 0.0359 e. The van der Waals surface area contributed by atoms with Crippen molar-refractivity contribution in [3.05, 3.63) is 70.2 Å². The average molecular weight is 204 g/mol. The van der Waals surface area contributed by atoms with E-state index in [4.69, 9.17) is 0 Å². The molecule has 0 amide bonds. The van der Waals surface area contributed by atoms with Crippen molar-refractivity contribution in [3.8, 4) is 0 Å². The molecule has 0 nitrogen and oxygen atoms in total. The maximum atomic E-state index is 2.41. The van der Waals surface area contributed by atoms with Crippen molar-refractivity contribution in [3.63, 3.8) is 0 Å². The first-order valence-electron chi connectivity index (χ1n) is 5.77. The van der Waals surface area contributed by atoms with E-state index >= 15 is 0 Å². The summed E-state index contributed by atoms with van der Waals surface area (Å²) in [6.07, 6.45) is 15.1. The molecule has 0 radical (unpaired) electrons. The maximum absolute atomic E-state index is 2.41. The molecule has 0 aromatic heterocycles. The lowest BCUT2D eigenvalue weighted by molar-refractivity contribution is 0.631. The summed E-state index contributed by atoms with van der Waals surface area (Å²) in [6.45, 7) is 0. The highest BCUT2D eigenvalue weighted by molar-refractivity contribution is 5.71. The summed E-state index contributed by atoms with van der Waals surface area (Å²) < 4.78 is 0. The van der Waals surface area contributed by atoms with Gasteiger partial charge in [-0.15, -0.1) is 0 Å². The number of rotatable bonds is 0. The Morgan fingerprint density at radius 3 is 2.69 bits per heavy atom. The van der Waals surface area contributed by atoms with Crippen LogP contribution < -0.4 is 10.4 Å².